The minimum Gasteiger partial charge on any atom is -0.331 e. The first kappa shape index (κ1) is 14.5. The van der Waals surface area contributed by atoms with Crippen molar-refractivity contribution in [3.63, 3.8) is 0 Å². The molecule has 19 heavy (non-hydrogen) atoms. The summed E-state index contributed by atoms with van der Waals surface area (Å²) in [5.74, 6) is 0.809. The van der Waals surface area contributed by atoms with Crippen LogP contribution in [0.4, 0.5) is 0 Å². The Labute approximate surface area is 117 Å². The van der Waals surface area contributed by atoms with Crippen molar-refractivity contribution in [2.75, 3.05) is 26.2 Å². The number of imidazole rings is 1. The van der Waals surface area contributed by atoms with Crippen molar-refractivity contribution >= 4 is 0 Å². The molecule has 0 aliphatic carbocycles. The molecule has 0 spiro atoms. The maximum absolute atomic E-state index is 4.30. The molecule has 0 amide bonds. The van der Waals surface area contributed by atoms with Crippen LogP contribution < -0.4 is 5.32 Å². The summed E-state index contributed by atoms with van der Waals surface area (Å²) in [5, 5.41) is 3.51. The fourth-order valence-corrected chi connectivity index (χ4v) is 2.90. The quantitative estimate of drug-likeness (QED) is 0.856. The molecule has 0 bridgehead atoms. The van der Waals surface area contributed by atoms with Gasteiger partial charge >= 0.3 is 0 Å². The van der Waals surface area contributed by atoms with Gasteiger partial charge in [-0.3, -0.25) is 4.90 Å². The van der Waals surface area contributed by atoms with Crippen molar-refractivity contribution < 1.29 is 0 Å². The van der Waals surface area contributed by atoms with Gasteiger partial charge in [0.25, 0.3) is 0 Å². The van der Waals surface area contributed by atoms with E-state index in [1.54, 1.807) is 0 Å². The molecular formula is C15H28N4. The van der Waals surface area contributed by atoms with E-state index in [0.717, 1.165) is 19.0 Å². The fraction of sp³-hybridized carbons (Fsp3) is 0.800. The van der Waals surface area contributed by atoms with Crippen LogP contribution in [0.1, 0.15) is 45.3 Å². The maximum Gasteiger partial charge on any atom is 0.0951 e. The Hall–Kier alpha value is -0.870. The van der Waals surface area contributed by atoms with Gasteiger partial charge in [0, 0.05) is 25.3 Å². The average Bonchev–Trinajstić information content (AvgIpc) is 2.87. The highest BCUT2D eigenvalue weighted by atomic mass is 15.2. The highest BCUT2D eigenvalue weighted by Crippen LogP contribution is 2.15. The Balaban J connectivity index is 1.92. The van der Waals surface area contributed by atoms with Crippen LogP contribution in [0.15, 0.2) is 12.5 Å². The van der Waals surface area contributed by atoms with Gasteiger partial charge in [0.05, 0.1) is 12.0 Å². The first-order chi connectivity index (χ1) is 9.20. The second-order valence-corrected chi connectivity index (χ2v) is 5.93. The van der Waals surface area contributed by atoms with Crippen molar-refractivity contribution in [3.05, 3.63) is 18.2 Å². The van der Waals surface area contributed by atoms with Crippen LogP contribution in [0.2, 0.25) is 0 Å². The smallest absolute Gasteiger partial charge is 0.0951 e. The van der Waals surface area contributed by atoms with E-state index >= 15 is 0 Å². The molecule has 1 aromatic rings. The number of hydrogen-bond donors (Lipinski definition) is 1. The molecule has 1 unspecified atom stereocenters. The predicted octanol–water partition coefficient (Wildman–Crippen LogP) is 2.29. The van der Waals surface area contributed by atoms with Crippen molar-refractivity contribution in [2.24, 2.45) is 5.92 Å². The number of aromatic nitrogens is 2. The SMILES string of the molecule is CCN(Cc1cncn1C(C)C)CC1CCCNC1. The van der Waals surface area contributed by atoms with E-state index in [0.29, 0.717) is 6.04 Å². The molecule has 1 aliphatic heterocycles. The molecule has 0 aromatic carbocycles. The summed E-state index contributed by atoms with van der Waals surface area (Å²) >= 11 is 0. The topological polar surface area (TPSA) is 33.1 Å². The Morgan fingerprint density at radius 3 is 3.00 bits per heavy atom. The number of nitrogens with zero attached hydrogens (tertiary/aromatic N) is 3. The van der Waals surface area contributed by atoms with Crippen LogP contribution in [0.3, 0.4) is 0 Å². The minimum absolute atomic E-state index is 0.493. The van der Waals surface area contributed by atoms with E-state index in [9.17, 15) is 0 Å². The van der Waals surface area contributed by atoms with Gasteiger partial charge in [-0.25, -0.2) is 4.98 Å². The molecule has 4 nitrogen and oxygen atoms in total. The third-order valence-electron chi connectivity index (χ3n) is 4.05. The Kier molecular flexibility index (Phi) is 5.40. The number of hydrogen-bond acceptors (Lipinski definition) is 3. The van der Waals surface area contributed by atoms with Gasteiger partial charge in [0.2, 0.25) is 0 Å². The molecule has 1 saturated heterocycles. The van der Waals surface area contributed by atoms with Crippen LogP contribution in [-0.2, 0) is 6.54 Å². The zero-order chi connectivity index (χ0) is 13.7. The second-order valence-electron chi connectivity index (χ2n) is 5.93. The van der Waals surface area contributed by atoms with E-state index in [1.165, 1.54) is 38.2 Å². The van der Waals surface area contributed by atoms with Crippen LogP contribution in [0.5, 0.6) is 0 Å². The summed E-state index contributed by atoms with van der Waals surface area (Å²) in [4.78, 5) is 6.85. The van der Waals surface area contributed by atoms with Crippen molar-refractivity contribution in [3.8, 4) is 0 Å². The monoisotopic (exact) mass is 264 g/mol. The first-order valence-corrected chi connectivity index (χ1v) is 7.64. The molecule has 1 atom stereocenters. The van der Waals surface area contributed by atoms with Gasteiger partial charge in [-0.2, -0.15) is 0 Å². The Bertz CT molecular complexity index is 366. The molecule has 1 aromatic heterocycles. The van der Waals surface area contributed by atoms with Crippen molar-refractivity contribution in [1.82, 2.24) is 19.8 Å². The van der Waals surface area contributed by atoms with Gasteiger partial charge in [-0.1, -0.05) is 6.92 Å². The van der Waals surface area contributed by atoms with Crippen LogP contribution in [-0.4, -0.2) is 40.6 Å². The molecule has 108 valence electrons. The van der Waals surface area contributed by atoms with Gasteiger partial charge < -0.3 is 9.88 Å². The van der Waals surface area contributed by atoms with Gasteiger partial charge in [-0.05, 0) is 52.2 Å². The van der Waals surface area contributed by atoms with E-state index in [-0.39, 0.29) is 0 Å². The maximum atomic E-state index is 4.30. The molecule has 0 radical (unpaired) electrons. The zero-order valence-electron chi connectivity index (χ0n) is 12.6. The summed E-state index contributed by atoms with van der Waals surface area (Å²) in [6, 6.07) is 0.493. The van der Waals surface area contributed by atoms with E-state index < -0.39 is 0 Å². The number of rotatable bonds is 6. The lowest BCUT2D eigenvalue weighted by Crippen LogP contribution is -2.38. The summed E-state index contributed by atoms with van der Waals surface area (Å²) < 4.78 is 2.28. The Morgan fingerprint density at radius 1 is 1.53 bits per heavy atom. The number of nitrogens with one attached hydrogen (secondary N) is 1. The summed E-state index contributed by atoms with van der Waals surface area (Å²) in [7, 11) is 0. The standard InChI is InChI=1S/C15H28N4/c1-4-18(10-14-6-5-7-16-8-14)11-15-9-17-12-19(15)13(2)3/h9,12-14,16H,4-8,10-11H2,1-3H3. The fourth-order valence-electron chi connectivity index (χ4n) is 2.90. The zero-order valence-corrected chi connectivity index (χ0v) is 12.6. The molecule has 1 fully saturated rings. The molecule has 1 aliphatic rings. The summed E-state index contributed by atoms with van der Waals surface area (Å²) in [6.45, 7) is 12.4. The van der Waals surface area contributed by atoms with E-state index in [1.807, 2.05) is 12.5 Å². The normalized spacial score (nSPS) is 20.4. The van der Waals surface area contributed by atoms with Gasteiger partial charge in [0.15, 0.2) is 0 Å². The average molecular weight is 264 g/mol. The predicted molar refractivity (Wildman–Crippen MR) is 79.2 cm³/mol. The van der Waals surface area contributed by atoms with E-state index in [2.05, 4.69) is 40.5 Å². The van der Waals surface area contributed by atoms with Crippen molar-refractivity contribution in [1.29, 1.82) is 0 Å². The molecule has 0 saturated carbocycles. The summed E-state index contributed by atoms with van der Waals surface area (Å²) in [5.41, 5.74) is 1.33. The first-order valence-electron chi connectivity index (χ1n) is 7.64. The highest BCUT2D eigenvalue weighted by molar-refractivity contribution is 5.00. The molecule has 2 rings (SSSR count). The number of piperidine rings is 1. The van der Waals surface area contributed by atoms with Crippen LogP contribution in [0, 0.1) is 5.92 Å². The molecule has 2 heterocycles. The lowest BCUT2D eigenvalue weighted by atomic mass is 9.99. The van der Waals surface area contributed by atoms with Gasteiger partial charge in [0.1, 0.15) is 0 Å². The van der Waals surface area contributed by atoms with Crippen LogP contribution in [0.25, 0.3) is 0 Å². The third kappa shape index (κ3) is 4.05. The second kappa shape index (κ2) is 7.06. The van der Waals surface area contributed by atoms with Crippen molar-refractivity contribution in [2.45, 2.75) is 46.2 Å². The molecule has 1 N–H and O–H groups in total. The highest BCUT2D eigenvalue weighted by Gasteiger charge is 2.17. The summed E-state index contributed by atoms with van der Waals surface area (Å²) in [6.07, 6.45) is 6.66. The third-order valence-corrected chi connectivity index (χ3v) is 4.05. The van der Waals surface area contributed by atoms with E-state index in [4.69, 9.17) is 0 Å². The lowest BCUT2D eigenvalue weighted by Gasteiger charge is -2.29. The molecule has 4 heteroatoms. The lowest BCUT2D eigenvalue weighted by molar-refractivity contribution is 0.205. The van der Waals surface area contributed by atoms with Crippen LogP contribution >= 0.6 is 0 Å². The largest absolute Gasteiger partial charge is 0.331 e. The molecular weight excluding hydrogens is 236 g/mol. The van der Waals surface area contributed by atoms with Gasteiger partial charge in [-0.15, -0.1) is 0 Å². The minimum atomic E-state index is 0.493. The Morgan fingerprint density at radius 2 is 2.37 bits per heavy atom.